The molecular formula is C9H18N2O3. The van der Waals surface area contributed by atoms with Crippen LogP contribution in [0.25, 0.3) is 0 Å². The van der Waals surface area contributed by atoms with Gasteiger partial charge in [0, 0.05) is 6.61 Å². The number of aliphatic carboxylic acids is 1. The maximum absolute atomic E-state index is 10.8. The summed E-state index contributed by atoms with van der Waals surface area (Å²) in [7, 11) is 0. The standard InChI is InChI=1S/C9H18N2O3/c10-5-4-7(9(12)13)11-8-3-1-2-6-14-8/h7-8,11H,1-6,10H2,(H,12,13)/t7-,8?/m0/s1. The van der Waals surface area contributed by atoms with Crippen molar-refractivity contribution in [2.24, 2.45) is 5.73 Å². The highest BCUT2D eigenvalue weighted by Crippen LogP contribution is 2.11. The highest BCUT2D eigenvalue weighted by Gasteiger charge is 2.22. The summed E-state index contributed by atoms with van der Waals surface area (Å²) in [6.07, 6.45) is 3.36. The molecule has 0 aromatic rings. The summed E-state index contributed by atoms with van der Waals surface area (Å²) in [5, 5.41) is 11.8. The van der Waals surface area contributed by atoms with Gasteiger partial charge in [-0.1, -0.05) is 0 Å². The molecule has 0 amide bonds. The van der Waals surface area contributed by atoms with E-state index in [1.54, 1.807) is 0 Å². The average Bonchev–Trinajstić information content (AvgIpc) is 2.18. The van der Waals surface area contributed by atoms with Crippen molar-refractivity contribution >= 4 is 5.97 Å². The lowest BCUT2D eigenvalue weighted by atomic mass is 10.1. The molecule has 82 valence electrons. The van der Waals surface area contributed by atoms with Crippen molar-refractivity contribution in [3.8, 4) is 0 Å². The molecule has 5 nitrogen and oxygen atoms in total. The zero-order valence-electron chi connectivity index (χ0n) is 8.24. The van der Waals surface area contributed by atoms with Crippen LogP contribution < -0.4 is 11.1 Å². The van der Waals surface area contributed by atoms with Gasteiger partial charge in [0.05, 0.1) is 0 Å². The number of rotatable bonds is 5. The normalized spacial score (nSPS) is 24.5. The minimum Gasteiger partial charge on any atom is -0.480 e. The van der Waals surface area contributed by atoms with Crippen LogP contribution in [0, 0.1) is 0 Å². The molecule has 0 spiro atoms. The molecule has 2 atom stereocenters. The third kappa shape index (κ3) is 3.61. The molecule has 1 heterocycles. The van der Waals surface area contributed by atoms with E-state index in [2.05, 4.69) is 5.32 Å². The first kappa shape index (κ1) is 11.4. The van der Waals surface area contributed by atoms with E-state index >= 15 is 0 Å². The van der Waals surface area contributed by atoms with Crippen LogP contribution in [-0.2, 0) is 9.53 Å². The monoisotopic (exact) mass is 202 g/mol. The summed E-state index contributed by atoms with van der Waals surface area (Å²) in [6, 6.07) is -0.580. The predicted molar refractivity (Wildman–Crippen MR) is 51.8 cm³/mol. The SMILES string of the molecule is NCC[C@H](NC1CCCCO1)C(=O)O. The van der Waals surface area contributed by atoms with Gasteiger partial charge in [-0.25, -0.2) is 0 Å². The highest BCUT2D eigenvalue weighted by atomic mass is 16.5. The van der Waals surface area contributed by atoms with E-state index in [1.165, 1.54) is 0 Å². The lowest BCUT2D eigenvalue weighted by Crippen LogP contribution is -2.46. The molecule has 0 radical (unpaired) electrons. The molecule has 1 unspecified atom stereocenters. The second-order valence-electron chi connectivity index (χ2n) is 3.49. The van der Waals surface area contributed by atoms with E-state index in [4.69, 9.17) is 15.6 Å². The van der Waals surface area contributed by atoms with Crippen molar-refractivity contribution in [1.29, 1.82) is 0 Å². The van der Waals surface area contributed by atoms with Crippen molar-refractivity contribution in [2.75, 3.05) is 13.2 Å². The van der Waals surface area contributed by atoms with Gasteiger partial charge in [-0.3, -0.25) is 10.1 Å². The number of carboxylic acid groups (broad SMARTS) is 1. The van der Waals surface area contributed by atoms with Gasteiger partial charge in [-0.15, -0.1) is 0 Å². The van der Waals surface area contributed by atoms with Crippen LogP contribution in [0.5, 0.6) is 0 Å². The van der Waals surface area contributed by atoms with Crippen molar-refractivity contribution in [1.82, 2.24) is 5.32 Å². The smallest absolute Gasteiger partial charge is 0.320 e. The van der Waals surface area contributed by atoms with Crippen molar-refractivity contribution in [3.05, 3.63) is 0 Å². The molecule has 5 heteroatoms. The quantitative estimate of drug-likeness (QED) is 0.580. The van der Waals surface area contributed by atoms with Gasteiger partial charge in [0.15, 0.2) is 0 Å². The van der Waals surface area contributed by atoms with Crippen molar-refractivity contribution in [3.63, 3.8) is 0 Å². The Bertz CT molecular complexity index is 181. The van der Waals surface area contributed by atoms with Gasteiger partial charge < -0.3 is 15.6 Å². The number of carbonyl (C=O) groups is 1. The molecule has 4 N–H and O–H groups in total. The Morgan fingerprint density at radius 2 is 2.43 bits per heavy atom. The lowest BCUT2D eigenvalue weighted by Gasteiger charge is -2.26. The summed E-state index contributed by atoms with van der Waals surface area (Å²) in [5.74, 6) is -0.857. The molecule has 1 rings (SSSR count). The Hall–Kier alpha value is -0.650. The highest BCUT2D eigenvalue weighted by molar-refractivity contribution is 5.73. The largest absolute Gasteiger partial charge is 0.480 e. The summed E-state index contributed by atoms with van der Waals surface area (Å²) < 4.78 is 5.39. The number of hydrogen-bond acceptors (Lipinski definition) is 4. The van der Waals surface area contributed by atoms with E-state index in [9.17, 15) is 4.79 Å². The van der Waals surface area contributed by atoms with Crippen LogP contribution in [0.15, 0.2) is 0 Å². The number of hydrogen-bond donors (Lipinski definition) is 3. The average molecular weight is 202 g/mol. The van der Waals surface area contributed by atoms with Gasteiger partial charge >= 0.3 is 5.97 Å². The molecule has 1 saturated heterocycles. The zero-order valence-corrected chi connectivity index (χ0v) is 8.24. The molecule has 0 saturated carbocycles. The van der Waals surface area contributed by atoms with Crippen LogP contribution >= 0.6 is 0 Å². The third-order valence-corrected chi connectivity index (χ3v) is 2.32. The number of ether oxygens (including phenoxy) is 1. The maximum Gasteiger partial charge on any atom is 0.320 e. The first-order valence-electron chi connectivity index (χ1n) is 5.04. The summed E-state index contributed by atoms with van der Waals surface area (Å²) >= 11 is 0. The van der Waals surface area contributed by atoms with Gasteiger partial charge in [0.2, 0.25) is 0 Å². The van der Waals surface area contributed by atoms with Crippen molar-refractivity contribution in [2.45, 2.75) is 38.0 Å². The fraction of sp³-hybridized carbons (Fsp3) is 0.889. The van der Waals surface area contributed by atoms with Gasteiger partial charge in [0.25, 0.3) is 0 Å². The maximum atomic E-state index is 10.8. The minimum absolute atomic E-state index is 0.114. The Kier molecular flexibility index (Phi) is 4.86. The number of nitrogens with one attached hydrogen (secondary N) is 1. The number of nitrogens with two attached hydrogens (primary N) is 1. The van der Waals surface area contributed by atoms with Gasteiger partial charge in [-0.2, -0.15) is 0 Å². The molecule has 14 heavy (non-hydrogen) atoms. The summed E-state index contributed by atoms with van der Waals surface area (Å²) in [6.45, 7) is 1.09. The molecule has 1 fully saturated rings. The third-order valence-electron chi connectivity index (χ3n) is 2.32. The zero-order chi connectivity index (χ0) is 10.4. The molecular weight excluding hydrogens is 184 g/mol. The lowest BCUT2D eigenvalue weighted by molar-refractivity contribution is -0.141. The molecule has 0 aromatic carbocycles. The van der Waals surface area contributed by atoms with Crippen LogP contribution in [0.3, 0.4) is 0 Å². The topological polar surface area (TPSA) is 84.6 Å². The first-order valence-corrected chi connectivity index (χ1v) is 5.04. The van der Waals surface area contributed by atoms with E-state index in [0.29, 0.717) is 19.6 Å². The molecule has 1 aliphatic heterocycles. The van der Waals surface area contributed by atoms with Crippen LogP contribution in [0.2, 0.25) is 0 Å². The van der Waals surface area contributed by atoms with Crippen LogP contribution in [0.1, 0.15) is 25.7 Å². The Balaban J connectivity index is 2.33. The molecule has 0 bridgehead atoms. The van der Waals surface area contributed by atoms with Gasteiger partial charge in [0.1, 0.15) is 12.3 Å². The van der Waals surface area contributed by atoms with Gasteiger partial charge in [-0.05, 0) is 32.2 Å². The van der Waals surface area contributed by atoms with E-state index in [-0.39, 0.29) is 6.23 Å². The Labute approximate surface area is 83.6 Å². The van der Waals surface area contributed by atoms with E-state index < -0.39 is 12.0 Å². The second-order valence-corrected chi connectivity index (χ2v) is 3.49. The first-order chi connectivity index (χ1) is 6.74. The van der Waals surface area contributed by atoms with E-state index in [0.717, 1.165) is 19.3 Å². The van der Waals surface area contributed by atoms with Crippen molar-refractivity contribution < 1.29 is 14.6 Å². The van der Waals surface area contributed by atoms with Crippen LogP contribution in [-0.4, -0.2) is 36.5 Å². The second kappa shape index (κ2) is 5.95. The Morgan fingerprint density at radius 3 is 2.93 bits per heavy atom. The summed E-state index contributed by atoms with van der Waals surface area (Å²) in [5.41, 5.74) is 5.33. The molecule has 1 aliphatic rings. The number of carboxylic acids is 1. The van der Waals surface area contributed by atoms with Crippen LogP contribution in [0.4, 0.5) is 0 Å². The fourth-order valence-corrected chi connectivity index (χ4v) is 1.54. The molecule has 0 aromatic heterocycles. The fourth-order valence-electron chi connectivity index (χ4n) is 1.54. The predicted octanol–water partition coefficient (Wildman–Crippen LogP) is -0.0954. The minimum atomic E-state index is -0.857. The molecule has 0 aliphatic carbocycles. The summed E-state index contributed by atoms with van der Waals surface area (Å²) in [4.78, 5) is 10.8. The van der Waals surface area contributed by atoms with E-state index in [1.807, 2.05) is 0 Å². The Morgan fingerprint density at radius 1 is 1.64 bits per heavy atom.